The molecule has 0 fully saturated rings. The first-order chi connectivity index (χ1) is 15.0. The smallest absolute Gasteiger partial charge is 0.140 e. The van der Waals surface area contributed by atoms with Crippen LogP contribution in [0.1, 0.15) is 92.3 Å². The summed E-state index contributed by atoms with van der Waals surface area (Å²) >= 11 is 0. The summed E-state index contributed by atoms with van der Waals surface area (Å²) in [4.78, 5) is 13.1. The lowest BCUT2D eigenvalue weighted by atomic mass is 9.62. The van der Waals surface area contributed by atoms with E-state index in [1.54, 1.807) is 0 Å². The number of hydrogen-bond donors (Lipinski definition) is 0. The van der Waals surface area contributed by atoms with E-state index >= 15 is 0 Å². The van der Waals surface area contributed by atoms with Crippen LogP contribution in [-0.4, -0.2) is 5.78 Å². The Balaban J connectivity index is 1.49. The molecule has 1 nitrogen and oxygen atoms in total. The number of hydrogen-bond acceptors (Lipinski definition) is 1. The largest absolute Gasteiger partial charge is 0.299 e. The molecule has 0 spiro atoms. The second-order valence-electron chi connectivity index (χ2n) is 11.8. The summed E-state index contributed by atoms with van der Waals surface area (Å²) in [5, 5.41) is 0. The lowest BCUT2D eigenvalue weighted by Crippen LogP contribution is -2.34. The molecule has 0 unspecified atom stereocenters. The van der Waals surface area contributed by atoms with Crippen molar-refractivity contribution in [1.29, 1.82) is 0 Å². The van der Waals surface area contributed by atoms with E-state index in [1.165, 1.54) is 57.4 Å². The molecular weight excluding hydrogens is 388 g/mol. The molecule has 2 aliphatic rings. The maximum Gasteiger partial charge on any atom is 0.140 e. The number of rotatable bonds is 5. The van der Waals surface area contributed by atoms with Gasteiger partial charge in [-0.15, -0.1) is 0 Å². The van der Waals surface area contributed by atoms with Crippen molar-refractivity contribution < 1.29 is 4.79 Å². The molecule has 0 heterocycles. The van der Waals surface area contributed by atoms with Crippen molar-refractivity contribution in [3.8, 4) is 0 Å². The van der Waals surface area contributed by atoms with E-state index in [2.05, 4.69) is 84.9 Å². The van der Waals surface area contributed by atoms with Gasteiger partial charge in [0.1, 0.15) is 5.78 Å². The minimum Gasteiger partial charge on any atom is -0.299 e. The normalized spacial score (nSPS) is 21.2. The van der Waals surface area contributed by atoms with Gasteiger partial charge in [0.25, 0.3) is 0 Å². The van der Waals surface area contributed by atoms with Crippen LogP contribution in [0.3, 0.4) is 0 Å². The number of carbonyl (C=O) groups excluding carboxylic acids is 1. The highest BCUT2D eigenvalue weighted by Gasteiger charge is 2.37. The third-order valence-corrected chi connectivity index (χ3v) is 8.38. The summed E-state index contributed by atoms with van der Waals surface area (Å²) < 4.78 is 0. The van der Waals surface area contributed by atoms with Gasteiger partial charge >= 0.3 is 0 Å². The fraction of sp³-hybridized carbons (Fsp3) is 0.516. The topological polar surface area (TPSA) is 17.1 Å². The summed E-state index contributed by atoms with van der Waals surface area (Å²) in [6.07, 6.45) is 8.24. The number of benzene rings is 2. The van der Waals surface area contributed by atoms with E-state index in [-0.39, 0.29) is 16.7 Å². The quantitative estimate of drug-likeness (QED) is 0.447. The van der Waals surface area contributed by atoms with Gasteiger partial charge in [0.2, 0.25) is 0 Å². The molecule has 32 heavy (non-hydrogen) atoms. The second-order valence-corrected chi connectivity index (χ2v) is 11.8. The zero-order valence-electron chi connectivity index (χ0n) is 21.2. The molecule has 0 amide bonds. The first-order valence-corrected chi connectivity index (χ1v) is 12.4. The van der Waals surface area contributed by atoms with E-state index in [1.807, 2.05) is 0 Å². The molecule has 2 aromatic rings. The highest BCUT2D eigenvalue weighted by molar-refractivity contribution is 5.84. The Labute approximate surface area is 195 Å². The third-order valence-electron chi connectivity index (χ3n) is 8.38. The van der Waals surface area contributed by atoms with Gasteiger partial charge in [-0.1, -0.05) is 69.7 Å². The van der Waals surface area contributed by atoms with Crippen LogP contribution in [0.25, 0.3) is 0 Å². The fourth-order valence-electron chi connectivity index (χ4n) is 5.83. The van der Waals surface area contributed by atoms with Gasteiger partial charge in [0, 0.05) is 12.3 Å². The van der Waals surface area contributed by atoms with Crippen molar-refractivity contribution in [1.82, 2.24) is 0 Å². The highest BCUT2D eigenvalue weighted by atomic mass is 16.1. The summed E-state index contributed by atoms with van der Waals surface area (Å²) in [5.74, 6) is 0.552. The van der Waals surface area contributed by atoms with Crippen molar-refractivity contribution in [3.05, 3.63) is 80.9 Å². The Morgan fingerprint density at radius 2 is 1.50 bits per heavy atom. The van der Waals surface area contributed by atoms with Crippen LogP contribution in [0, 0.1) is 26.7 Å². The molecule has 4 rings (SSSR count). The molecule has 1 heteroatoms. The van der Waals surface area contributed by atoms with Crippen LogP contribution in [0.2, 0.25) is 0 Å². The lowest BCUT2D eigenvalue weighted by molar-refractivity contribution is -0.121. The number of ketones is 1. The van der Waals surface area contributed by atoms with Gasteiger partial charge in [-0.05, 0) is 103 Å². The number of aryl methyl sites for hydroxylation is 3. The van der Waals surface area contributed by atoms with Crippen LogP contribution < -0.4 is 0 Å². The predicted octanol–water partition coefficient (Wildman–Crippen LogP) is 7.65. The molecule has 0 aliphatic heterocycles. The van der Waals surface area contributed by atoms with E-state index in [9.17, 15) is 4.79 Å². The third kappa shape index (κ3) is 4.36. The van der Waals surface area contributed by atoms with Crippen molar-refractivity contribution in [2.45, 2.75) is 97.8 Å². The number of carbonyl (C=O) groups is 1. The Bertz CT molecular complexity index is 1060. The highest BCUT2D eigenvalue weighted by Crippen LogP contribution is 2.47. The van der Waals surface area contributed by atoms with E-state index in [0.29, 0.717) is 12.2 Å². The first kappa shape index (κ1) is 23.0. The van der Waals surface area contributed by atoms with Gasteiger partial charge < -0.3 is 0 Å². The number of allylic oxidation sites excluding steroid dienone is 2. The van der Waals surface area contributed by atoms with Crippen molar-refractivity contribution >= 4 is 5.78 Å². The van der Waals surface area contributed by atoms with Crippen molar-refractivity contribution in [2.24, 2.45) is 5.92 Å². The number of Topliss-reactive ketones (excluding diaryl/α,β-unsaturated/α-hetero) is 1. The zero-order valence-corrected chi connectivity index (χ0v) is 21.2. The zero-order chi connectivity index (χ0) is 23.3. The average molecular weight is 429 g/mol. The molecule has 0 aromatic heterocycles. The van der Waals surface area contributed by atoms with Crippen LogP contribution in [-0.2, 0) is 28.5 Å². The van der Waals surface area contributed by atoms with Gasteiger partial charge in [0.15, 0.2) is 0 Å². The van der Waals surface area contributed by atoms with Gasteiger partial charge in [-0.25, -0.2) is 0 Å². The van der Waals surface area contributed by atoms with Crippen molar-refractivity contribution in [3.63, 3.8) is 0 Å². The second kappa shape index (κ2) is 8.32. The van der Waals surface area contributed by atoms with Gasteiger partial charge in [0.05, 0.1) is 0 Å². The molecular formula is C31H40O. The van der Waals surface area contributed by atoms with Crippen LogP contribution >= 0.6 is 0 Å². The fourth-order valence-corrected chi connectivity index (χ4v) is 5.83. The maximum absolute atomic E-state index is 13.1. The molecule has 0 N–H and O–H groups in total. The average Bonchev–Trinajstić information content (AvgIpc) is 3.18. The minimum absolute atomic E-state index is 0.150. The molecule has 1 atom stereocenters. The molecule has 2 aliphatic carbocycles. The molecule has 170 valence electrons. The van der Waals surface area contributed by atoms with E-state index in [4.69, 9.17) is 0 Å². The van der Waals surface area contributed by atoms with Crippen LogP contribution in [0.5, 0.6) is 0 Å². The summed E-state index contributed by atoms with van der Waals surface area (Å²) in [7, 11) is 0. The predicted molar refractivity (Wildman–Crippen MR) is 136 cm³/mol. The van der Waals surface area contributed by atoms with Crippen LogP contribution in [0.4, 0.5) is 0 Å². The SMILES string of the molecule is Cc1cc2c(cc1CC1=CC[C@H](C(=O)Cc3c(C)cccc3C)C1)C(C)(C)CCC2(C)C. The maximum atomic E-state index is 13.1. The minimum atomic E-state index is 0.150. The van der Waals surface area contributed by atoms with Crippen molar-refractivity contribution in [2.75, 3.05) is 0 Å². The van der Waals surface area contributed by atoms with E-state index in [0.717, 1.165) is 19.3 Å². The standard InChI is InChI=1S/C31H40O/c1-20-9-8-10-21(2)26(20)19-29(32)24-12-11-23(16-24)17-25-18-28-27(15-22(25)3)30(4,5)13-14-31(28,6)7/h8-11,15,18,24H,12-14,16-17,19H2,1-7H3/t24-/m0/s1. The monoisotopic (exact) mass is 428 g/mol. The molecule has 0 radical (unpaired) electrons. The van der Waals surface area contributed by atoms with Crippen LogP contribution in [0.15, 0.2) is 42.0 Å². The molecule has 0 saturated carbocycles. The Morgan fingerprint density at radius 3 is 2.12 bits per heavy atom. The van der Waals surface area contributed by atoms with Gasteiger partial charge in [-0.2, -0.15) is 0 Å². The lowest BCUT2D eigenvalue weighted by Gasteiger charge is -2.42. The molecule has 2 aromatic carbocycles. The summed E-state index contributed by atoms with van der Waals surface area (Å²) in [5.41, 5.74) is 11.6. The number of fused-ring (bicyclic) bond motifs is 1. The Morgan fingerprint density at radius 1 is 0.906 bits per heavy atom. The molecule has 0 saturated heterocycles. The summed E-state index contributed by atoms with van der Waals surface area (Å²) in [6, 6.07) is 11.3. The Hall–Kier alpha value is -2.15. The van der Waals surface area contributed by atoms with Gasteiger partial charge in [-0.3, -0.25) is 4.79 Å². The van der Waals surface area contributed by atoms with E-state index < -0.39 is 0 Å². The molecule has 0 bridgehead atoms. The summed E-state index contributed by atoms with van der Waals surface area (Å²) in [6.45, 7) is 16.1. The Kier molecular flexibility index (Phi) is 5.99. The first-order valence-electron chi connectivity index (χ1n) is 12.4.